The van der Waals surface area contributed by atoms with E-state index in [0.29, 0.717) is 18.0 Å². The Hall–Kier alpha value is -2.25. The highest BCUT2D eigenvalue weighted by Gasteiger charge is 2.31. The molecule has 144 valence electrons. The van der Waals surface area contributed by atoms with Crippen LogP contribution in [0.25, 0.3) is 0 Å². The number of hydrogen-bond donors (Lipinski definition) is 1. The summed E-state index contributed by atoms with van der Waals surface area (Å²) in [4.78, 5) is 34.5. The molecule has 7 heteroatoms. The predicted octanol–water partition coefficient (Wildman–Crippen LogP) is 2.24. The van der Waals surface area contributed by atoms with Crippen molar-refractivity contribution in [1.82, 2.24) is 20.1 Å². The molecular formula is C20H26N4O2S. The number of carbonyl (C=O) groups excluding carboxylic acids is 2. The van der Waals surface area contributed by atoms with Crippen LogP contribution in [0.2, 0.25) is 0 Å². The third-order valence-electron chi connectivity index (χ3n) is 4.76. The van der Waals surface area contributed by atoms with E-state index in [0.717, 1.165) is 25.3 Å². The zero-order valence-corrected chi connectivity index (χ0v) is 16.6. The number of carbonyl (C=O) groups is 2. The second-order valence-electron chi connectivity index (χ2n) is 7.09. The van der Waals surface area contributed by atoms with Gasteiger partial charge in [0.1, 0.15) is 6.04 Å². The average molecular weight is 387 g/mol. The molecule has 1 aliphatic heterocycles. The SMILES string of the molecule is CC(C)C(NC(=O)c1cccs1)C(=O)N1CCN(Cc2ccccn2)CC1. The first-order valence-electron chi connectivity index (χ1n) is 9.30. The minimum atomic E-state index is -0.498. The first kappa shape index (κ1) is 19.5. The number of nitrogens with zero attached hydrogens (tertiary/aromatic N) is 3. The lowest BCUT2D eigenvalue weighted by molar-refractivity contribution is -0.136. The van der Waals surface area contributed by atoms with Crippen LogP contribution in [-0.2, 0) is 11.3 Å². The number of aromatic nitrogens is 1. The molecule has 6 nitrogen and oxygen atoms in total. The summed E-state index contributed by atoms with van der Waals surface area (Å²) in [5.41, 5.74) is 1.04. The van der Waals surface area contributed by atoms with Crippen molar-refractivity contribution < 1.29 is 9.59 Å². The van der Waals surface area contributed by atoms with E-state index in [-0.39, 0.29) is 17.7 Å². The van der Waals surface area contributed by atoms with Gasteiger partial charge in [-0.2, -0.15) is 0 Å². The van der Waals surface area contributed by atoms with E-state index in [1.165, 1.54) is 11.3 Å². The molecule has 1 aliphatic rings. The van der Waals surface area contributed by atoms with Crippen molar-refractivity contribution >= 4 is 23.2 Å². The Balaban J connectivity index is 1.55. The van der Waals surface area contributed by atoms with Gasteiger partial charge in [0.25, 0.3) is 5.91 Å². The molecule has 0 radical (unpaired) electrons. The number of rotatable bonds is 6. The lowest BCUT2D eigenvalue weighted by atomic mass is 10.0. The van der Waals surface area contributed by atoms with Gasteiger partial charge in [0, 0.05) is 38.9 Å². The summed E-state index contributed by atoms with van der Waals surface area (Å²) in [6, 6.07) is 9.04. The van der Waals surface area contributed by atoms with Gasteiger partial charge in [0.2, 0.25) is 5.91 Å². The standard InChI is InChI=1S/C20H26N4O2S/c1-15(2)18(22-19(25)17-7-5-13-27-17)20(26)24-11-9-23(10-12-24)14-16-6-3-4-8-21-16/h3-8,13,15,18H,9-12,14H2,1-2H3,(H,22,25). The molecule has 1 unspecified atom stereocenters. The molecule has 0 saturated carbocycles. The maximum absolute atomic E-state index is 13.0. The van der Waals surface area contributed by atoms with Gasteiger partial charge in [-0.3, -0.25) is 19.5 Å². The molecule has 3 rings (SSSR count). The Kier molecular flexibility index (Phi) is 6.58. The third kappa shape index (κ3) is 5.14. The van der Waals surface area contributed by atoms with Crippen molar-refractivity contribution in [2.75, 3.05) is 26.2 Å². The topological polar surface area (TPSA) is 65.5 Å². The van der Waals surface area contributed by atoms with Gasteiger partial charge in [-0.15, -0.1) is 11.3 Å². The van der Waals surface area contributed by atoms with Crippen LogP contribution in [0.3, 0.4) is 0 Å². The van der Waals surface area contributed by atoms with E-state index in [9.17, 15) is 9.59 Å². The maximum Gasteiger partial charge on any atom is 0.262 e. The summed E-state index contributed by atoms with van der Waals surface area (Å²) >= 11 is 1.38. The average Bonchev–Trinajstić information content (AvgIpc) is 3.21. The number of pyridine rings is 1. The Morgan fingerprint density at radius 1 is 1.15 bits per heavy atom. The normalized spacial score (nSPS) is 16.3. The number of hydrogen-bond acceptors (Lipinski definition) is 5. The molecule has 1 fully saturated rings. The molecule has 1 N–H and O–H groups in total. The number of nitrogens with one attached hydrogen (secondary N) is 1. The van der Waals surface area contributed by atoms with Crippen LogP contribution < -0.4 is 5.32 Å². The van der Waals surface area contributed by atoms with Gasteiger partial charge in [0.15, 0.2) is 0 Å². The monoisotopic (exact) mass is 386 g/mol. The molecule has 2 aromatic heterocycles. The van der Waals surface area contributed by atoms with Crippen LogP contribution in [0.1, 0.15) is 29.2 Å². The first-order chi connectivity index (χ1) is 13.0. The second kappa shape index (κ2) is 9.10. The summed E-state index contributed by atoms with van der Waals surface area (Å²) in [6.07, 6.45) is 1.80. The third-order valence-corrected chi connectivity index (χ3v) is 5.63. The molecule has 1 saturated heterocycles. The highest BCUT2D eigenvalue weighted by Crippen LogP contribution is 2.14. The summed E-state index contributed by atoms with van der Waals surface area (Å²) < 4.78 is 0. The van der Waals surface area contributed by atoms with Gasteiger partial charge in [0.05, 0.1) is 10.6 Å². The van der Waals surface area contributed by atoms with E-state index in [1.54, 1.807) is 12.3 Å². The molecule has 1 atom stereocenters. The summed E-state index contributed by atoms with van der Waals surface area (Å²) in [5, 5.41) is 4.79. The molecule has 2 amide bonds. The van der Waals surface area contributed by atoms with E-state index in [2.05, 4.69) is 15.2 Å². The zero-order chi connectivity index (χ0) is 19.2. The van der Waals surface area contributed by atoms with Crippen molar-refractivity contribution in [3.05, 3.63) is 52.5 Å². The molecule has 0 bridgehead atoms. The van der Waals surface area contributed by atoms with Crippen molar-refractivity contribution in [2.45, 2.75) is 26.4 Å². The summed E-state index contributed by atoms with van der Waals surface area (Å²) in [5.74, 6) is -0.133. The van der Waals surface area contributed by atoms with E-state index in [1.807, 2.05) is 48.4 Å². The fourth-order valence-corrected chi connectivity index (χ4v) is 3.80. The second-order valence-corrected chi connectivity index (χ2v) is 8.04. The van der Waals surface area contributed by atoms with Crippen molar-refractivity contribution in [3.63, 3.8) is 0 Å². The number of amides is 2. The van der Waals surface area contributed by atoms with Crippen LogP contribution in [-0.4, -0.2) is 58.8 Å². The Labute approximate surface area is 164 Å². The molecule has 0 aromatic carbocycles. The quantitative estimate of drug-likeness (QED) is 0.827. The van der Waals surface area contributed by atoms with Gasteiger partial charge < -0.3 is 10.2 Å². The molecule has 27 heavy (non-hydrogen) atoms. The van der Waals surface area contributed by atoms with Crippen LogP contribution in [0.4, 0.5) is 0 Å². The minimum Gasteiger partial charge on any atom is -0.339 e. The lowest BCUT2D eigenvalue weighted by Gasteiger charge is -2.37. The Morgan fingerprint density at radius 2 is 1.93 bits per heavy atom. The zero-order valence-electron chi connectivity index (χ0n) is 15.8. The smallest absolute Gasteiger partial charge is 0.262 e. The number of piperazine rings is 1. The summed E-state index contributed by atoms with van der Waals surface area (Å²) in [6.45, 7) is 7.69. The minimum absolute atomic E-state index is 0.00684. The molecule has 3 heterocycles. The highest BCUT2D eigenvalue weighted by atomic mass is 32.1. The van der Waals surface area contributed by atoms with Gasteiger partial charge in [-0.05, 0) is 29.5 Å². The first-order valence-corrected chi connectivity index (χ1v) is 10.2. The van der Waals surface area contributed by atoms with Crippen LogP contribution in [0.15, 0.2) is 41.9 Å². The van der Waals surface area contributed by atoms with Crippen LogP contribution in [0, 0.1) is 5.92 Å². The van der Waals surface area contributed by atoms with Crippen molar-refractivity contribution in [1.29, 1.82) is 0 Å². The summed E-state index contributed by atoms with van der Waals surface area (Å²) in [7, 11) is 0. The molecule has 0 spiro atoms. The fourth-order valence-electron chi connectivity index (χ4n) is 3.18. The molecular weight excluding hydrogens is 360 g/mol. The van der Waals surface area contributed by atoms with Gasteiger partial charge in [-0.25, -0.2) is 0 Å². The van der Waals surface area contributed by atoms with E-state index >= 15 is 0 Å². The van der Waals surface area contributed by atoms with Crippen LogP contribution in [0.5, 0.6) is 0 Å². The Bertz CT molecular complexity index is 741. The highest BCUT2D eigenvalue weighted by molar-refractivity contribution is 7.12. The fraction of sp³-hybridized carbons (Fsp3) is 0.450. The number of thiophene rings is 1. The predicted molar refractivity (Wildman–Crippen MR) is 107 cm³/mol. The molecule has 2 aromatic rings. The Morgan fingerprint density at radius 3 is 2.52 bits per heavy atom. The van der Waals surface area contributed by atoms with Gasteiger partial charge in [-0.1, -0.05) is 26.0 Å². The molecule has 0 aliphatic carbocycles. The van der Waals surface area contributed by atoms with E-state index in [4.69, 9.17) is 0 Å². The maximum atomic E-state index is 13.0. The van der Waals surface area contributed by atoms with Crippen LogP contribution >= 0.6 is 11.3 Å². The van der Waals surface area contributed by atoms with Crippen molar-refractivity contribution in [3.8, 4) is 0 Å². The van der Waals surface area contributed by atoms with E-state index < -0.39 is 6.04 Å². The van der Waals surface area contributed by atoms with Crippen molar-refractivity contribution in [2.24, 2.45) is 5.92 Å². The largest absolute Gasteiger partial charge is 0.339 e. The van der Waals surface area contributed by atoms with Gasteiger partial charge >= 0.3 is 0 Å². The lowest BCUT2D eigenvalue weighted by Crippen LogP contribution is -2.56.